The molecular formula is C48H56ClN7O5. The average molecular weight is 846 g/mol. The number of aromatic nitrogens is 1. The Bertz CT molecular complexity index is 2320. The molecule has 3 aliphatic heterocycles. The molecule has 4 heterocycles. The van der Waals surface area contributed by atoms with E-state index in [2.05, 4.69) is 52.2 Å². The lowest BCUT2D eigenvalue weighted by Gasteiger charge is -2.48. The molecule has 0 unspecified atom stereocenters. The number of benzene rings is 3. The number of ether oxygens (including phenoxy) is 1. The zero-order valence-corrected chi connectivity index (χ0v) is 36.0. The van der Waals surface area contributed by atoms with Crippen LogP contribution in [0.25, 0.3) is 10.9 Å². The normalized spacial score (nSPS) is 20.8. The number of likely N-dealkylation sites (tertiary alicyclic amines) is 2. The number of carbonyl (C=O) groups excluding carboxylic acids is 4. The number of hydrogen-bond acceptors (Lipinski definition) is 7. The van der Waals surface area contributed by atoms with E-state index in [0.29, 0.717) is 46.2 Å². The smallest absolute Gasteiger partial charge is 0.328 e. The van der Waals surface area contributed by atoms with Crippen LogP contribution in [-0.2, 0) is 11.2 Å². The van der Waals surface area contributed by atoms with Crippen LogP contribution >= 0.6 is 11.6 Å². The first kappa shape index (κ1) is 42.3. The second-order valence-corrected chi connectivity index (χ2v) is 18.2. The number of amides is 5. The minimum atomic E-state index is -0.453. The Morgan fingerprint density at radius 3 is 2.43 bits per heavy atom. The first-order chi connectivity index (χ1) is 29.5. The molecule has 1 saturated carbocycles. The first-order valence-electron chi connectivity index (χ1n) is 22.0. The van der Waals surface area contributed by atoms with Gasteiger partial charge in [0.1, 0.15) is 11.8 Å². The Balaban J connectivity index is 0.793. The lowest BCUT2D eigenvalue weighted by atomic mass is 9.72. The van der Waals surface area contributed by atoms with Crippen LogP contribution in [0.4, 0.5) is 10.5 Å². The highest BCUT2D eigenvalue weighted by Gasteiger charge is 2.39. The summed E-state index contributed by atoms with van der Waals surface area (Å²) in [5, 5.41) is 16.0. The summed E-state index contributed by atoms with van der Waals surface area (Å²) in [4.78, 5) is 58.3. The lowest BCUT2D eigenvalue weighted by Crippen LogP contribution is -2.51. The Morgan fingerprint density at radius 2 is 1.72 bits per heavy atom. The van der Waals surface area contributed by atoms with Crippen molar-refractivity contribution in [2.24, 2.45) is 5.41 Å². The quantitative estimate of drug-likeness (QED) is 0.155. The van der Waals surface area contributed by atoms with Crippen molar-refractivity contribution in [1.29, 1.82) is 5.26 Å². The number of anilines is 1. The molecule has 4 aromatic rings. The summed E-state index contributed by atoms with van der Waals surface area (Å²) in [7, 11) is 0. The topological polar surface area (TPSA) is 140 Å². The third-order valence-corrected chi connectivity index (χ3v) is 13.7. The molecule has 1 aromatic heterocycles. The molecule has 13 heteroatoms. The zero-order valence-electron chi connectivity index (χ0n) is 35.3. The maximum absolute atomic E-state index is 14.2. The number of imide groups is 1. The molecule has 61 heavy (non-hydrogen) atoms. The molecule has 320 valence electrons. The number of nitrogens with one attached hydrogen (secondary N) is 2. The van der Waals surface area contributed by atoms with Crippen molar-refractivity contribution < 1.29 is 23.9 Å². The number of nitrogens with zero attached hydrogens (tertiary/aromatic N) is 5. The Morgan fingerprint density at radius 1 is 0.951 bits per heavy atom. The average Bonchev–Trinajstić information content (AvgIpc) is 3.69. The fraction of sp³-hybridized carbons (Fsp3) is 0.479. The number of halogens is 1. The van der Waals surface area contributed by atoms with Crippen molar-refractivity contribution in [3.63, 3.8) is 0 Å². The molecule has 1 spiro atoms. The maximum Gasteiger partial charge on any atom is 0.328 e. The van der Waals surface area contributed by atoms with Gasteiger partial charge in [-0.25, -0.2) is 4.79 Å². The van der Waals surface area contributed by atoms with Crippen molar-refractivity contribution in [2.45, 2.75) is 103 Å². The fourth-order valence-corrected chi connectivity index (χ4v) is 10.1. The predicted molar refractivity (Wildman–Crippen MR) is 236 cm³/mol. The van der Waals surface area contributed by atoms with E-state index < -0.39 is 6.03 Å². The van der Waals surface area contributed by atoms with Gasteiger partial charge in [0, 0.05) is 73.5 Å². The number of carbonyl (C=O) groups is 4. The molecule has 3 aromatic carbocycles. The second-order valence-electron chi connectivity index (χ2n) is 17.8. The molecule has 5 amide bonds. The third-order valence-electron chi connectivity index (χ3n) is 13.3. The van der Waals surface area contributed by atoms with E-state index in [0.717, 1.165) is 88.3 Å². The molecule has 1 aliphatic carbocycles. The van der Waals surface area contributed by atoms with Gasteiger partial charge in [0.05, 0.1) is 27.9 Å². The maximum atomic E-state index is 14.2. The predicted octanol–water partition coefficient (Wildman–Crippen LogP) is 8.26. The second kappa shape index (κ2) is 18.3. The molecule has 4 aliphatic rings. The van der Waals surface area contributed by atoms with Gasteiger partial charge in [-0.05, 0) is 145 Å². The number of fused-ring (bicyclic) bond motifs is 1. The van der Waals surface area contributed by atoms with E-state index in [1.165, 1.54) is 12.0 Å². The molecule has 0 radical (unpaired) electrons. The van der Waals surface area contributed by atoms with Crippen LogP contribution in [0.3, 0.4) is 0 Å². The molecule has 2 N–H and O–H groups in total. The minimum Gasteiger partial charge on any atom is -0.490 e. The molecule has 4 fully saturated rings. The molecule has 12 nitrogen and oxygen atoms in total. The van der Waals surface area contributed by atoms with Crippen molar-refractivity contribution in [3.05, 3.63) is 94.1 Å². The summed E-state index contributed by atoms with van der Waals surface area (Å²) in [6.45, 7) is 9.04. The number of piperidine rings is 2. The summed E-state index contributed by atoms with van der Waals surface area (Å²) in [6.07, 6.45) is 11.9. The Hall–Kier alpha value is -5.38. The van der Waals surface area contributed by atoms with E-state index >= 15 is 0 Å². The number of hydrogen-bond donors (Lipinski definition) is 2. The van der Waals surface area contributed by atoms with Crippen LogP contribution in [0, 0.1) is 16.7 Å². The number of aryl methyl sites for hydroxylation is 1. The highest BCUT2D eigenvalue weighted by Crippen LogP contribution is 2.41. The molecular weight excluding hydrogens is 790 g/mol. The first-order valence-corrected chi connectivity index (χ1v) is 22.4. The molecule has 8 rings (SSSR count). The van der Waals surface area contributed by atoms with Crippen molar-refractivity contribution in [1.82, 2.24) is 25.0 Å². The van der Waals surface area contributed by atoms with Crippen LogP contribution in [0.1, 0.15) is 116 Å². The molecule has 3 saturated heterocycles. The highest BCUT2D eigenvalue weighted by atomic mass is 35.5. The SMILES string of the molecule is CC(C)n1ccc2c(N3CCC(=O)NC3=O)cc(C(=O)N3CCC4(CCCN(CCCc5ccc(C(=O)NC6CCC(Oc7ccc(C#N)c(Cl)c7)CC6)cc5)C4)CC3)cc21. The van der Waals surface area contributed by atoms with Crippen LogP contribution in [0.15, 0.2) is 66.9 Å². The van der Waals surface area contributed by atoms with Gasteiger partial charge in [-0.2, -0.15) is 5.26 Å². The van der Waals surface area contributed by atoms with E-state index in [1.807, 2.05) is 41.4 Å². The monoisotopic (exact) mass is 845 g/mol. The van der Waals surface area contributed by atoms with Crippen LogP contribution in [0.2, 0.25) is 5.02 Å². The van der Waals surface area contributed by atoms with Crippen LogP contribution in [0.5, 0.6) is 5.75 Å². The summed E-state index contributed by atoms with van der Waals surface area (Å²) in [6, 6.07) is 20.9. The Labute approximate surface area is 363 Å². The van der Waals surface area contributed by atoms with E-state index in [9.17, 15) is 19.2 Å². The van der Waals surface area contributed by atoms with Crippen molar-refractivity contribution in [2.75, 3.05) is 44.2 Å². The zero-order chi connectivity index (χ0) is 42.7. The van der Waals surface area contributed by atoms with Gasteiger partial charge in [0.2, 0.25) is 5.91 Å². The van der Waals surface area contributed by atoms with E-state index in [4.69, 9.17) is 21.6 Å². The number of nitriles is 1. The van der Waals surface area contributed by atoms with Crippen LogP contribution in [-0.4, -0.2) is 89.5 Å². The number of rotatable bonds is 11. The summed E-state index contributed by atoms with van der Waals surface area (Å²) >= 11 is 6.17. The molecule has 0 atom stereocenters. The highest BCUT2D eigenvalue weighted by molar-refractivity contribution is 6.31. The van der Waals surface area contributed by atoms with E-state index in [-0.39, 0.29) is 54.3 Å². The summed E-state index contributed by atoms with van der Waals surface area (Å²) in [5.41, 5.74) is 4.68. The van der Waals surface area contributed by atoms with Gasteiger partial charge < -0.3 is 24.4 Å². The number of urea groups is 1. The standard InChI is InChI=1S/C48H56ClN7O5/c1-32(2)55-23-16-40-42(55)27-36(28-43(40)56-24-17-44(57)52-47(56)60)46(59)54-25-19-48(20-26-54)18-4-22-53(31-48)21-3-5-33-6-8-34(9-7-33)45(58)51-37-11-14-38(15-12-37)61-39-13-10-35(30-50)41(49)29-39/h6-10,13,16,23,27-29,32,37-38H,3-5,11-12,14-15,17-22,24-26,31H2,1-2H3,(H,51,58)(H,52,57,60). The van der Waals surface area contributed by atoms with Gasteiger partial charge in [-0.15, -0.1) is 0 Å². The van der Waals surface area contributed by atoms with Gasteiger partial charge in [0.15, 0.2) is 0 Å². The minimum absolute atomic E-state index is 0.0137. The summed E-state index contributed by atoms with van der Waals surface area (Å²) < 4.78 is 8.24. The van der Waals surface area contributed by atoms with Gasteiger partial charge in [0.25, 0.3) is 11.8 Å². The van der Waals surface area contributed by atoms with Crippen molar-refractivity contribution in [3.8, 4) is 11.8 Å². The fourth-order valence-electron chi connectivity index (χ4n) is 9.88. The lowest BCUT2D eigenvalue weighted by molar-refractivity contribution is -0.120. The van der Waals surface area contributed by atoms with Gasteiger partial charge >= 0.3 is 6.03 Å². The molecule has 0 bridgehead atoms. The largest absolute Gasteiger partial charge is 0.490 e. The van der Waals surface area contributed by atoms with Crippen LogP contribution < -0.4 is 20.3 Å². The van der Waals surface area contributed by atoms with Gasteiger partial charge in [-0.1, -0.05) is 23.7 Å². The van der Waals surface area contributed by atoms with E-state index in [1.54, 1.807) is 23.1 Å². The van der Waals surface area contributed by atoms with Gasteiger partial charge in [-0.3, -0.25) is 24.6 Å². The third kappa shape index (κ3) is 9.58. The van der Waals surface area contributed by atoms with Crippen molar-refractivity contribution >= 4 is 51.9 Å². The summed E-state index contributed by atoms with van der Waals surface area (Å²) in [5.74, 6) is 0.322. The Kier molecular flexibility index (Phi) is 12.7.